The van der Waals surface area contributed by atoms with Gasteiger partial charge in [0, 0.05) is 13.6 Å². The van der Waals surface area contributed by atoms with Crippen molar-refractivity contribution in [1.29, 1.82) is 0 Å². The zero-order valence-corrected chi connectivity index (χ0v) is 15.1. The monoisotopic (exact) mass is 350 g/mol. The predicted octanol–water partition coefficient (Wildman–Crippen LogP) is 2.24. The fraction of sp³-hybridized carbons (Fsp3) is 0.556. The fourth-order valence-corrected chi connectivity index (χ4v) is 2.58. The summed E-state index contributed by atoms with van der Waals surface area (Å²) in [6.45, 7) is 5.82. The molecule has 1 saturated heterocycles. The molecule has 25 heavy (non-hydrogen) atoms. The zero-order valence-electron chi connectivity index (χ0n) is 15.1. The second-order valence-corrected chi connectivity index (χ2v) is 7.17. The summed E-state index contributed by atoms with van der Waals surface area (Å²) in [5.74, 6) is 0. The summed E-state index contributed by atoms with van der Waals surface area (Å²) in [6, 6.07) is 8.82. The number of likely N-dealkylation sites (tertiary alicyclic amines) is 1. The van der Waals surface area contributed by atoms with Crippen LogP contribution in [0.1, 0.15) is 26.3 Å². The van der Waals surface area contributed by atoms with Crippen molar-refractivity contribution in [1.82, 2.24) is 9.80 Å². The third-order valence-corrected chi connectivity index (χ3v) is 3.90. The van der Waals surface area contributed by atoms with Crippen LogP contribution in [0.5, 0.6) is 0 Å². The predicted molar refractivity (Wildman–Crippen MR) is 92.0 cm³/mol. The number of carbonyl (C=O) groups excluding carboxylic acids is 2. The van der Waals surface area contributed by atoms with Gasteiger partial charge < -0.3 is 24.4 Å². The van der Waals surface area contributed by atoms with E-state index in [0.29, 0.717) is 0 Å². The van der Waals surface area contributed by atoms with Gasteiger partial charge in [0.05, 0.1) is 18.7 Å². The molecule has 0 radical (unpaired) electrons. The smallest absolute Gasteiger partial charge is 0.410 e. The van der Waals surface area contributed by atoms with Gasteiger partial charge in [-0.25, -0.2) is 9.59 Å². The van der Waals surface area contributed by atoms with Crippen LogP contribution in [-0.2, 0) is 16.1 Å². The van der Waals surface area contributed by atoms with Crippen LogP contribution >= 0.6 is 0 Å². The van der Waals surface area contributed by atoms with Crippen molar-refractivity contribution in [3.8, 4) is 0 Å². The molecule has 1 aliphatic heterocycles. The van der Waals surface area contributed by atoms with Crippen LogP contribution in [0.2, 0.25) is 0 Å². The maximum atomic E-state index is 12.2. The Kier molecular flexibility index (Phi) is 5.89. The molecule has 1 fully saturated rings. The van der Waals surface area contributed by atoms with Crippen LogP contribution in [0, 0.1) is 0 Å². The number of aliphatic hydroxyl groups is 1. The van der Waals surface area contributed by atoms with E-state index in [1.165, 1.54) is 9.80 Å². The van der Waals surface area contributed by atoms with E-state index in [0.717, 1.165) is 5.56 Å². The van der Waals surface area contributed by atoms with Crippen LogP contribution in [0.3, 0.4) is 0 Å². The van der Waals surface area contributed by atoms with Crippen molar-refractivity contribution < 1.29 is 24.2 Å². The van der Waals surface area contributed by atoms with Crippen LogP contribution in [0.15, 0.2) is 30.3 Å². The summed E-state index contributed by atoms with van der Waals surface area (Å²) < 4.78 is 10.6. The summed E-state index contributed by atoms with van der Waals surface area (Å²) in [5, 5.41) is 10.2. The number of benzene rings is 1. The van der Waals surface area contributed by atoms with Gasteiger partial charge in [-0.3, -0.25) is 0 Å². The van der Waals surface area contributed by atoms with E-state index < -0.39 is 29.9 Å². The highest BCUT2D eigenvalue weighted by atomic mass is 16.6. The number of carbonyl (C=O) groups is 2. The molecule has 0 aliphatic carbocycles. The van der Waals surface area contributed by atoms with E-state index in [9.17, 15) is 14.7 Å². The number of ether oxygens (including phenoxy) is 2. The molecule has 138 valence electrons. The lowest BCUT2D eigenvalue weighted by atomic mass is 10.2. The second kappa shape index (κ2) is 7.74. The Hall–Kier alpha value is -2.28. The Morgan fingerprint density at radius 3 is 2.48 bits per heavy atom. The fourth-order valence-electron chi connectivity index (χ4n) is 2.58. The summed E-state index contributed by atoms with van der Waals surface area (Å²) in [7, 11) is 1.56. The first kappa shape index (κ1) is 19.1. The van der Waals surface area contributed by atoms with Crippen molar-refractivity contribution in [2.45, 2.75) is 45.1 Å². The average molecular weight is 350 g/mol. The third kappa shape index (κ3) is 5.35. The molecule has 7 nitrogen and oxygen atoms in total. The molecule has 1 aromatic rings. The molecule has 0 saturated carbocycles. The quantitative estimate of drug-likeness (QED) is 0.904. The van der Waals surface area contributed by atoms with Gasteiger partial charge >= 0.3 is 12.2 Å². The lowest BCUT2D eigenvalue weighted by Crippen LogP contribution is -2.44. The molecule has 2 atom stereocenters. The number of rotatable bonds is 3. The maximum absolute atomic E-state index is 12.2. The first-order chi connectivity index (χ1) is 11.7. The van der Waals surface area contributed by atoms with Crippen molar-refractivity contribution in [3.05, 3.63) is 35.9 Å². The van der Waals surface area contributed by atoms with E-state index in [4.69, 9.17) is 9.47 Å². The van der Waals surface area contributed by atoms with Gasteiger partial charge in [-0.05, 0) is 26.3 Å². The van der Waals surface area contributed by atoms with E-state index in [-0.39, 0.29) is 19.7 Å². The van der Waals surface area contributed by atoms with Gasteiger partial charge in [0.1, 0.15) is 12.2 Å². The molecule has 1 aliphatic rings. The number of nitrogens with zero attached hydrogens (tertiary/aromatic N) is 2. The van der Waals surface area contributed by atoms with E-state index >= 15 is 0 Å². The molecule has 1 N–H and O–H groups in total. The Morgan fingerprint density at radius 1 is 1.24 bits per heavy atom. The molecule has 0 aromatic heterocycles. The highest BCUT2D eigenvalue weighted by Crippen LogP contribution is 2.19. The molecule has 2 rings (SSSR count). The number of β-amino-alcohol motifs (C(OH)–C–C–N with tert-alkyl or cyclic N) is 1. The molecule has 0 bridgehead atoms. The highest BCUT2D eigenvalue weighted by molar-refractivity contribution is 5.70. The van der Waals surface area contributed by atoms with E-state index in [1.807, 2.05) is 30.3 Å². The van der Waals surface area contributed by atoms with Crippen molar-refractivity contribution in [3.63, 3.8) is 0 Å². The Balaban J connectivity index is 1.89. The molecular formula is C18H26N2O5. The van der Waals surface area contributed by atoms with Crippen molar-refractivity contribution >= 4 is 12.2 Å². The molecular weight excluding hydrogens is 324 g/mol. The van der Waals surface area contributed by atoms with Crippen molar-refractivity contribution in [2.24, 2.45) is 0 Å². The number of aliphatic hydroxyl groups excluding tert-OH is 1. The number of hydrogen-bond donors (Lipinski definition) is 1. The Morgan fingerprint density at radius 2 is 1.88 bits per heavy atom. The first-order valence-electron chi connectivity index (χ1n) is 8.27. The highest BCUT2D eigenvalue weighted by Gasteiger charge is 2.40. The van der Waals surface area contributed by atoms with E-state index in [2.05, 4.69) is 0 Å². The Labute approximate surface area is 148 Å². The van der Waals surface area contributed by atoms with Crippen LogP contribution in [0.25, 0.3) is 0 Å². The standard InChI is InChI=1S/C18H26N2O5/c1-18(2,3)25-17(23)20-10-14(15(21)11-20)19(4)16(22)24-12-13-8-6-5-7-9-13/h5-9,14-15,21H,10-12H2,1-4H3/t14-,15-/m1/s1. The Bertz CT molecular complexity index is 599. The van der Waals surface area contributed by atoms with Gasteiger partial charge in [0.2, 0.25) is 0 Å². The van der Waals surface area contributed by atoms with Gasteiger partial charge in [-0.15, -0.1) is 0 Å². The molecule has 0 spiro atoms. The summed E-state index contributed by atoms with van der Waals surface area (Å²) in [6.07, 6.45) is -1.89. The van der Waals surface area contributed by atoms with Gasteiger partial charge in [-0.1, -0.05) is 30.3 Å². The maximum Gasteiger partial charge on any atom is 0.410 e. The first-order valence-corrected chi connectivity index (χ1v) is 8.27. The summed E-state index contributed by atoms with van der Waals surface area (Å²) in [4.78, 5) is 27.1. The minimum atomic E-state index is -0.846. The minimum absolute atomic E-state index is 0.121. The number of amides is 2. The van der Waals surface area contributed by atoms with E-state index in [1.54, 1.807) is 27.8 Å². The third-order valence-electron chi connectivity index (χ3n) is 3.90. The molecule has 1 aromatic carbocycles. The largest absolute Gasteiger partial charge is 0.445 e. The molecule has 0 unspecified atom stereocenters. The van der Waals surface area contributed by atoms with Crippen molar-refractivity contribution in [2.75, 3.05) is 20.1 Å². The molecule has 7 heteroatoms. The lowest BCUT2D eigenvalue weighted by molar-refractivity contribution is 0.0268. The second-order valence-electron chi connectivity index (χ2n) is 7.17. The average Bonchev–Trinajstić information content (AvgIpc) is 2.93. The van der Waals surface area contributed by atoms with Gasteiger partial charge in [0.25, 0.3) is 0 Å². The molecule has 1 heterocycles. The SMILES string of the molecule is CN(C(=O)OCc1ccccc1)[C@@H]1CN(C(=O)OC(C)(C)C)C[C@H]1O. The topological polar surface area (TPSA) is 79.3 Å². The summed E-state index contributed by atoms with van der Waals surface area (Å²) >= 11 is 0. The normalized spacial score (nSPS) is 20.3. The number of likely N-dealkylation sites (N-methyl/N-ethyl adjacent to an activating group) is 1. The number of hydrogen-bond acceptors (Lipinski definition) is 5. The lowest BCUT2D eigenvalue weighted by Gasteiger charge is -2.26. The van der Waals surface area contributed by atoms with Gasteiger partial charge in [-0.2, -0.15) is 0 Å². The zero-order chi connectivity index (χ0) is 18.6. The molecule has 2 amide bonds. The summed E-state index contributed by atoms with van der Waals surface area (Å²) in [5.41, 5.74) is 0.271. The van der Waals surface area contributed by atoms with Crippen LogP contribution < -0.4 is 0 Å². The minimum Gasteiger partial charge on any atom is -0.445 e. The van der Waals surface area contributed by atoms with Crippen LogP contribution in [-0.4, -0.2) is 65.0 Å². The van der Waals surface area contributed by atoms with Crippen LogP contribution in [0.4, 0.5) is 9.59 Å². The van der Waals surface area contributed by atoms with Gasteiger partial charge in [0.15, 0.2) is 0 Å².